The first-order chi connectivity index (χ1) is 7.10. The number of benzene rings is 1. The second-order valence-electron chi connectivity index (χ2n) is 3.01. The Bertz CT molecular complexity index is 398. The SMILES string of the molecule is CCSc1ccc(S(=O)(=O)CCN)cc1. The summed E-state index contributed by atoms with van der Waals surface area (Å²) >= 11 is 1.69. The Kier molecular flexibility index (Phi) is 4.63. The van der Waals surface area contributed by atoms with Crippen LogP contribution in [0.4, 0.5) is 0 Å². The molecule has 1 rings (SSSR count). The number of nitrogens with two attached hydrogens (primary N) is 1. The van der Waals surface area contributed by atoms with E-state index >= 15 is 0 Å². The molecule has 0 atom stereocenters. The molecule has 0 aliphatic rings. The molecule has 2 N–H and O–H groups in total. The van der Waals surface area contributed by atoms with Crippen LogP contribution in [0.15, 0.2) is 34.1 Å². The monoisotopic (exact) mass is 245 g/mol. The molecule has 3 nitrogen and oxygen atoms in total. The molecule has 0 aromatic heterocycles. The van der Waals surface area contributed by atoms with Crippen LogP contribution in [0, 0.1) is 0 Å². The lowest BCUT2D eigenvalue weighted by Gasteiger charge is -2.03. The van der Waals surface area contributed by atoms with Gasteiger partial charge >= 0.3 is 0 Å². The van der Waals surface area contributed by atoms with Crippen molar-refractivity contribution in [2.45, 2.75) is 16.7 Å². The molecule has 0 amide bonds. The highest BCUT2D eigenvalue weighted by atomic mass is 32.2. The Hall–Kier alpha value is -0.520. The first-order valence-electron chi connectivity index (χ1n) is 4.76. The highest BCUT2D eigenvalue weighted by Gasteiger charge is 2.12. The molecule has 1 aromatic rings. The molecule has 0 heterocycles. The van der Waals surface area contributed by atoms with Crippen molar-refractivity contribution in [2.75, 3.05) is 18.1 Å². The molecular weight excluding hydrogens is 230 g/mol. The average molecular weight is 245 g/mol. The van der Waals surface area contributed by atoms with E-state index in [9.17, 15) is 8.42 Å². The number of sulfone groups is 1. The van der Waals surface area contributed by atoms with Crippen LogP contribution in [0.3, 0.4) is 0 Å². The molecule has 0 aliphatic heterocycles. The van der Waals surface area contributed by atoms with Gasteiger partial charge in [-0.25, -0.2) is 8.42 Å². The van der Waals surface area contributed by atoms with Gasteiger partial charge in [-0.2, -0.15) is 0 Å². The van der Waals surface area contributed by atoms with Crippen LogP contribution in [0.5, 0.6) is 0 Å². The summed E-state index contributed by atoms with van der Waals surface area (Å²) in [5.41, 5.74) is 5.25. The zero-order valence-corrected chi connectivity index (χ0v) is 10.3. The molecule has 0 bridgehead atoms. The largest absolute Gasteiger partial charge is 0.329 e. The van der Waals surface area contributed by atoms with Gasteiger partial charge in [-0.15, -0.1) is 11.8 Å². The molecule has 0 aliphatic carbocycles. The number of hydrogen-bond acceptors (Lipinski definition) is 4. The summed E-state index contributed by atoms with van der Waals surface area (Å²) in [4.78, 5) is 1.44. The minimum absolute atomic E-state index is 0.00721. The molecule has 0 unspecified atom stereocenters. The van der Waals surface area contributed by atoms with Crippen molar-refractivity contribution in [3.8, 4) is 0 Å². The third kappa shape index (κ3) is 3.52. The number of rotatable bonds is 5. The van der Waals surface area contributed by atoms with E-state index in [0.717, 1.165) is 10.6 Å². The Morgan fingerprint density at radius 2 is 1.87 bits per heavy atom. The third-order valence-corrected chi connectivity index (χ3v) is 4.54. The van der Waals surface area contributed by atoms with E-state index in [1.165, 1.54) is 0 Å². The van der Waals surface area contributed by atoms with Crippen LogP contribution < -0.4 is 5.73 Å². The van der Waals surface area contributed by atoms with Gasteiger partial charge in [0.15, 0.2) is 9.84 Å². The molecule has 15 heavy (non-hydrogen) atoms. The normalized spacial score (nSPS) is 11.6. The van der Waals surface area contributed by atoms with Crippen molar-refractivity contribution in [3.63, 3.8) is 0 Å². The van der Waals surface area contributed by atoms with E-state index in [4.69, 9.17) is 5.73 Å². The smallest absolute Gasteiger partial charge is 0.179 e. The van der Waals surface area contributed by atoms with Gasteiger partial charge in [0.25, 0.3) is 0 Å². The summed E-state index contributed by atoms with van der Waals surface area (Å²) in [6.45, 7) is 2.22. The van der Waals surface area contributed by atoms with E-state index in [1.807, 2.05) is 12.1 Å². The van der Waals surface area contributed by atoms with Crippen LogP contribution in [0.2, 0.25) is 0 Å². The van der Waals surface area contributed by atoms with Crippen molar-refractivity contribution in [3.05, 3.63) is 24.3 Å². The van der Waals surface area contributed by atoms with Crippen molar-refractivity contribution in [1.82, 2.24) is 0 Å². The summed E-state index contributed by atoms with van der Waals surface area (Å²) < 4.78 is 23.2. The van der Waals surface area contributed by atoms with Gasteiger partial charge in [-0.1, -0.05) is 6.92 Å². The summed E-state index contributed by atoms with van der Waals surface area (Å²) in [6.07, 6.45) is 0. The molecular formula is C10H15NO2S2. The first kappa shape index (κ1) is 12.5. The predicted molar refractivity (Wildman–Crippen MR) is 63.9 cm³/mol. The highest BCUT2D eigenvalue weighted by molar-refractivity contribution is 7.99. The number of hydrogen-bond donors (Lipinski definition) is 1. The Morgan fingerprint density at radius 1 is 1.27 bits per heavy atom. The number of thioether (sulfide) groups is 1. The van der Waals surface area contributed by atoms with Gasteiger partial charge < -0.3 is 5.73 Å². The summed E-state index contributed by atoms with van der Waals surface area (Å²) in [7, 11) is -3.18. The Balaban J connectivity index is 2.89. The summed E-state index contributed by atoms with van der Waals surface area (Å²) in [6, 6.07) is 6.95. The fraction of sp³-hybridized carbons (Fsp3) is 0.400. The molecule has 0 saturated heterocycles. The Labute approximate surface area is 95.0 Å². The molecule has 1 aromatic carbocycles. The van der Waals surface area contributed by atoms with Crippen LogP contribution in [0.1, 0.15) is 6.92 Å². The quantitative estimate of drug-likeness (QED) is 0.799. The van der Waals surface area contributed by atoms with E-state index < -0.39 is 9.84 Å². The van der Waals surface area contributed by atoms with Crippen molar-refractivity contribution in [2.24, 2.45) is 5.73 Å². The zero-order valence-electron chi connectivity index (χ0n) is 8.64. The van der Waals surface area contributed by atoms with Gasteiger partial charge in [-0.05, 0) is 30.0 Å². The van der Waals surface area contributed by atoms with Gasteiger partial charge in [0.2, 0.25) is 0 Å². The van der Waals surface area contributed by atoms with Crippen LogP contribution in [-0.4, -0.2) is 26.5 Å². The summed E-state index contributed by atoms with van der Waals surface area (Å²) in [5, 5.41) is 0. The van der Waals surface area contributed by atoms with Crippen molar-refractivity contribution >= 4 is 21.6 Å². The average Bonchev–Trinajstić information content (AvgIpc) is 2.19. The fourth-order valence-corrected chi connectivity index (χ4v) is 2.94. The maximum Gasteiger partial charge on any atom is 0.179 e. The molecule has 5 heteroatoms. The van der Waals surface area contributed by atoms with Crippen molar-refractivity contribution in [1.29, 1.82) is 0 Å². The lowest BCUT2D eigenvalue weighted by Crippen LogP contribution is -2.15. The second kappa shape index (κ2) is 5.53. The van der Waals surface area contributed by atoms with E-state index in [0.29, 0.717) is 4.90 Å². The molecule has 0 saturated carbocycles. The maximum absolute atomic E-state index is 11.6. The minimum Gasteiger partial charge on any atom is -0.329 e. The predicted octanol–water partition coefficient (Wildman–Crippen LogP) is 1.53. The van der Waals surface area contributed by atoms with Crippen molar-refractivity contribution < 1.29 is 8.42 Å². The molecule has 0 radical (unpaired) electrons. The van der Waals surface area contributed by atoms with Crippen LogP contribution in [0.25, 0.3) is 0 Å². The Morgan fingerprint density at radius 3 is 2.33 bits per heavy atom. The zero-order chi connectivity index (χ0) is 11.3. The lowest BCUT2D eigenvalue weighted by atomic mass is 10.4. The maximum atomic E-state index is 11.6. The topological polar surface area (TPSA) is 60.2 Å². The van der Waals surface area contributed by atoms with Crippen LogP contribution >= 0.6 is 11.8 Å². The molecule has 0 fully saturated rings. The highest BCUT2D eigenvalue weighted by Crippen LogP contribution is 2.20. The van der Waals surface area contributed by atoms with Gasteiger partial charge in [-0.3, -0.25) is 0 Å². The van der Waals surface area contributed by atoms with E-state index in [2.05, 4.69) is 6.92 Å². The summed E-state index contributed by atoms with van der Waals surface area (Å²) in [5.74, 6) is 0.988. The lowest BCUT2D eigenvalue weighted by molar-refractivity contribution is 0.596. The second-order valence-corrected chi connectivity index (χ2v) is 6.46. The fourth-order valence-electron chi connectivity index (χ4n) is 1.18. The van der Waals surface area contributed by atoms with Gasteiger partial charge in [0.1, 0.15) is 0 Å². The molecule has 84 valence electrons. The standard InChI is InChI=1S/C10H15NO2S2/c1-2-14-9-3-5-10(6-4-9)15(12,13)8-7-11/h3-6H,2,7-8,11H2,1H3. The van der Waals surface area contributed by atoms with E-state index in [1.54, 1.807) is 23.9 Å². The van der Waals surface area contributed by atoms with Gasteiger partial charge in [0.05, 0.1) is 10.6 Å². The van der Waals surface area contributed by atoms with Crippen LogP contribution in [-0.2, 0) is 9.84 Å². The van der Waals surface area contributed by atoms with E-state index in [-0.39, 0.29) is 12.3 Å². The minimum atomic E-state index is -3.18. The molecule has 0 spiro atoms. The van der Waals surface area contributed by atoms with Gasteiger partial charge in [0, 0.05) is 11.4 Å². The third-order valence-electron chi connectivity index (χ3n) is 1.88. The first-order valence-corrected chi connectivity index (χ1v) is 7.39.